The number of aliphatic carboxylic acids is 2. The molecule has 9 nitrogen and oxygen atoms in total. The number of H-pyrrole nitrogens is 1. The molecule has 3 aromatic rings. The lowest BCUT2D eigenvalue weighted by atomic mass is 10.2. The van der Waals surface area contributed by atoms with Crippen LogP contribution >= 0.6 is 11.3 Å². The van der Waals surface area contributed by atoms with Gasteiger partial charge in [0.25, 0.3) is 0 Å². The number of nitrogens with two attached hydrogens (primary N) is 1. The maximum atomic E-state index is 9.55. The number of rotatable bonds is 6. The average molecular weight is 427 g/mol. The van der Waals surface area contributed by atoms with Crippen molar-refractivity contribution >= 4 is 34.4 Å². The number of aryl methyl sites for hydroxylation is 1. The van der Waals surface area contributed by atoms with E-state index in [1.807, 2.05) is 48.8 Å². The fourth-order valence-electron chi connectivity index (χ4n) is 2.17. The van der Waals surface area contributed by atoms with E-state index >= 15 is 0 Å². The molecular weight excluding hydrogens is 406 g/mol. The maximum Gasteiger partial charge on any atom is 0.328 e. The molecule has 0 aliphatic heterocycles. The third-order valence-electron chi connectivity index (χ3n) is 3.51. The fourth-order valence-corrected chi connectivity index (χ4v) is 2.90. The van der Waals surface area contributed by atoms with Gasteiger partial charge in [-0.2, -0.15) is 0 Å². The van der Waals surface area contributed by atoms with Crippen molar-refractivity contribution in [1.82, 2.24) is 9.97 Å². The molecule has 3 rings (SSSR count). The number of hydrogen-bond donors (Lipinski definition) is 5. The molecule has 2 heterocycles. The van der Waals surface area contributed by atoms with E-state index in [-0.39, 0.29) is 0 Å². The lowest BCUT2D eigenvalue weighted by Crippen LogP contribution is -2.22. The minimum atomic E-state index is -1.26. The number of aliphatic imine (C=N–C) groups is 1. The van der Waals surface area contributed by atoms with Crippen molar-refractivity contribution in [2.24, 2.45) is 10.7 Å². The Labute approximate surface area is 176 Å². The van der Waals surface area contributed by atoms with Crippen LogP contribution in [-0.2, 0) is 16.1 Å². The largest absolute Gasteiger partial charge is 0.478 e. The highest BCUT2D eigenvalue weighted by atomic mass is 32.1. The Morgan fingerprint density at radius 3 is 2.47 bits per heavy atom. The number of nitrogens with zero attached hydrogens (tertiary/aromatic N) is 2. The van der Waals surface area contributed by atoms with Crippen LogP contribution in [0.2, 0.25) is 0 Å². The molecule has 0 bridgehead atoms. The molecule has 2 aromatic heterocycles. The lowest BCUT2D eigenvalue weighted by molar-refractivity contribution is -0.134. The zero-order valence-corrected chi connectivity index (χ0v) is 16.9. The highest BCUT2D eigenvalue weighted by Gasteiger charge is 2.06. The van der Waals surface area contributed by atoms with Crippen molar-refractivity contribution in [2.45, 2.75) is 13.5 Å². The smallest absolute Gasteiger partial charge is 0.328 e. The summed E-state index contributed by atoms with van der Waals surface area (Å²) in [4.78, 5) is 31.1. The molecule has 6 N–H and O–H groups in total. The van der Waals surface area contributed by atoms with Crippen LogP contribution in [0.15, 0.2) is 65.1 Å². The van der Waals surface area contributed by atoms with Crippen LogP contribution in [0.25, 0.3) is 11.3 Å². The van der Waals surface area contributed by atoms with Crippen LogP contribution in [0.4, 0.5) is 5.13 Å². The lowest BCUT2D eigenvalue weighted by Gasteiger charge is -2.01. The summed E-state index contributed by atoms with van der Waals surface area (Å²) in [6.45, 7) is 2.57. The Hall–Kier alpha value is -3.92. The second kappa shape index (κ2) is 11.2. The minimum Gasteiger partial charge on any atom is -0.478 e. The molecule has 0 unspecified atom stereocenters. The van der Waals surface area contributed by atoms with Gasteiger partial charge in [-0.1, -0.05) is 30.3 Å². The summed E-state index contributed by atoms with van der Waals surface area (Å²) in [6, 6.07) is 12.1. The minimum absolute atomic E-state index is 0.370. The second-order valence-corrected chi connectivity index (χ2v) is 6.79. The number of benzene rings is 1. The van der Waals surface area contributed by atoms with E-state index in [4.69, 9.17) is 15.9 Å². The van der Waals surface area contributed by atoms with Crippen LogP contribution in [0.5, 0.6) is 0 Å². The summed E-state index contributed by atoms with van der Waals surface area (Å²) in [6.07, 6.45) is 3.06. The van der Waals surface area contributed by atoms with E-state index in [9.17, 15) is 9.59 Å². The number of thiazole rings is 1. The number of carbonyl (C=O) groups is 2. The molecule has 0 aliphatic rings. The highest BCUT2D eigenvalue weighted by Crippen LogP contribution is 2.25. The van der Waals surface area contributed by atoms with Crippen LogP contribution < -0.4 is 11.1 Å². The zero-order chi connectivity index (χ0) is 21.9. The number of anilines is 1. The summed E-state index contributed by atoms with van der Waals surface area (Å²) in [5, 5.41) is 21.4. The molecular formula is C20H21N5O4S. The van der Waals surface area contributed by atoms with Crippen molar-refractivity contribution in [1.29, 1.82) is 0 Å². The number of carboxylic acid groups (broad SMARTS) is 2. The van der Waals surface area contributed by atoms with E-state index in [0.717, 1.165) is 27.6 Å². The number of aromatic amines is 1. The quantitative estimate of drug-likeness (QED) is 0.230. The van der Waals surface area contributed by atoms with E-state index in [1.54, 1.807) is 0 Å². The third kappa shape index (κ3) is 7.98. The molecule has 0 amide bonds. The van der Waals surface area contributed by atoms with Gasteiger partial charge < -0.3 is 26.2 Å². The van der Waals surface area contributed by atoms with E-state index in [1.165, 1.54) is 11.3 Å². The summed E-state index contributed by atoms with van der Waals surface area (Å²) in [5.74, 6) is -2.14. The summed E-state index contributed by atoms with van der Waals surface area (Å²) >= 11 is 1.51. The Balaban J connectivity index is 0.000000343. The zero-order valence-electron chi connectivity index (χ0n) is 16.1. The van der Waals surface area contributed by atoms with Gasteiger partial charge >= 0.3 is 11.9 Å². The third-order valence-corrected chi connectivity index (χ3v) is 4.26. The van der Waals surface area contributed by atoms with Crippen LogP contribution in [0.1, 0.15) is 11.3 Å². The number of nitrogens with one attached hydrogen (secondary N) is 2. The summed E-state index contributed by atoms with van der Waals surface area (Å²) in [5.41, 5.74) is 10.1. The van der Waals surface area contributed by atoms with Gasteiger partial charge in [-0.25, -0.2) is 19.6 Å². The predicted octanol–water partition coefficient (Wildman–Crippen LogP) is 3.09. The van der Waals surface area contributed by atoms with E-state index in [0.29, 0.717) is 24.7 Å². The molecule has 0 aliphatic carbocycles. The van der Waals surface area contributed by atoms with Crippen molar-refractivity contribution in [3.8, 4) is 11.3 Å². The molecule has 0 atom stereocenters. The predicted molar refractivity (Wildman–Crippen MR) is 116 cm³/mol. The molecule has 156 valence electrons. The van der Waals surface area contributed by atoms with Gasteiger partial charge in [0.05, 0.1) is 12.2 Å². The standard InChI is InChI=1S/C16H17N5S.C4H4O4/c1-11-7-13(9-18-11)14-10-22-16(20-14)21-15(17)19-8-12-5-3-2-4-6-12;5-3(6)1-2-4(7)8/h2-7,9-10,18H,8H2,1H3,(H3,17,19,20,21);1-2H,(H,5,6)(H,7,8)/b;2-1-. The molecule has 10 heteroatoms. The summed E-state index contributed by atoms with van der Waals surface area (Å²) < 4.78 is 0. The Kier molecular flexibility index (Phi) is 8.33. The number of guanidine groups is 1. The van der Waals surface area contributed by atoms with E-state index in [2.05, 4.69) is 26.3 Å². The first-order valence-corrected chi connectivity index (χ1v) is 9.57. The van der Waals surface area contributed by atoms with Gasteiger partial charge in [0.2, 0.25) is 0 Å². The summed E-state index contributed by atoms with van der Waals surface area (Å²) in [7, 11) is 0. The molecule has 0 fully saturated rings. The topological polar surface area (TPSA) is 154 Å². The number of carboxylic acids is 2. The highest BCUT2D eigenvalue weighted by molar-refractivity contribution is 7.14. The van der Waals surface area contributed by atoms with Gasteiger partial charge in [-0.3, -0.25) is 0 Å². The Bertz CT molecular complexity index is 1020. The van der Waals surface area contributed by atoms with Gasteiger partial charge in [0, 0.05) is 35.0 Å². The first-order valence-electron chi connectivity index (χ1n) is 8.69. The normalized spacial score (nSPS) is 11.0. The first kappa shape index (κ1) is 22.4. The SMILES string of the molecule is Cc1cc(-c2csc(NC(N)=NCc3ccccc3)n2)c[nH]1.O=C(O)/C=C\C(=O)O. The van der Waals surface area contributed by atoms with Gasteiger partial charge in [0.15, 0.2) is 11.1 Å². The first-order chi connectivity index (χ1) is 14.3. The van der Waals surface area contributed by atoms with Crippen LogP contribution in [-0.4, -0.2) is 38.1 Å². The van der Waals surface area contributed by atoms with Crippen molar-refractivity contribution < 1.29 is 19.8 Å². The fraction of sp³-hybridized carbons (Fsp3) is 0.100. The molecule has 0 radical (unpaired) electrons. The molecule has 0 spiro atoms. The van der Waals surface area contributed by atoms with Crippen molar-refractivity contribution in [2.75, 3.05) is 5.32 Å². The molecule has 1 aromatic carbocycles. The second-order valence-electron chi connectivity index (χ2n) is 5.93. The Morgan fingerprint density at radius 1 is 1.23 bits per heavy atom. The molecule has 0 saturated carbocycles. The number of aromatic nitrogens is 2. The van der Waals surface area contributed by atoms with Crippen LogP contribution in [0.3, 0.4) is 0 Å². The molecule has 0 saturated heterocycles. The average Bonchev–Trinajstić information content (AvgIpc) is 3.35. The van der Waals surface area contributed by atoms with Gasteiger partial charge in [0.1, 0.15) is 0 Å². The van der Waals surface area contributed by atoms with Crippen molar-refractivity contribution in [3.05, 3.63) is 71.4 Å². The number of hydrogen-bond acceptors (Lipinski definition) is 5. The van der Waals surface area contributed by atoms with Gasteiger partial charge in [-0.15, -0.1) is 11.3 Å². The Morgan fingerprint density at radius 2 is 1.90 bits per heavy atom. The monoisotopic (exact) mass is 427 g/mol. The van der Waals surface area contributed by atoms with E-state index < -0.39 is 11.9 Å². The van der Waals surface area contributed by atoms with Crippen molar-refractivity contribution in [3.63, 3.8) is 0 Å². The van der Waals surface area contributed by atoms with Crippen LogP contribution in [0, 0.1) is 6.92 Å². The maximum absolute atomic E-state index is 9.55. The molecule has 30 heavy (non-hydrogen) atoms. The van der Waals surface area contributed by atoms with Gasteiger partial charge in [-0.05, 0) is 18.6 Å².